The number of rotatable bonds is 4. The molecule has 122 valence electrons. The molecule has 2 amide bonds. The van der Waals surface area contributed by atoms with E-state index in [0.717, 1.165) is 12.0 Å². The Labute approximate surface area is 132 Å². The lowest BCUT2D eigenvalue weighted by atomic mass is 9.91. The van der Waals surface area contributed by atoms with E-state index in [1.165, 1.54) is 12.7 Å². The number of hydrogen-bond acceptors (Lipinski definition) is 6. The molecule has 0 fully saturated rings. The zero-order valence-corrected chi connectivity index (χ0v) is 13.0. The average molecular weight is 318 g/mol. The zero-order valence-electron chi connectivity index (χ0n) is 13.0. The number of carbonyl (C=O) groups is 2. The minimum absolute atomic E-state index is 0.0149. The van der Waals surface area contributed by atoms with Gasteiger partial charge in [-0.1, -0.05) is 5.16 Å². The van der Waals surface area contributed by atoms with Crippen molar-refractivity contribution in [2.24, 2.45) is 0 Å². The first kappa shape index (κ1) is 15.3. The first-order valence-corrected chi connectivity index (χ1v) is 7.52. The third kappa shape index (κ3) is 3.25. The number of nitrogens with zero attached hydrogens (tertiary/aromatic N) is 2. The van der Waals surface area contributed by atoms with E-state index in [1.54, 1.807) is 0 Å². The van der Waals surface area contributed by atoms with Crippen LogP contribution in [0, 0.1) is 0 Å². The fourth-order valence-corrected chi connectivity index (χ4v) is 2.62. The minimum Gasteiger partial charge on any atom is -0.451 e. The van der Waals surface area contributed by atoms with E-state index < -0.39 is 0 Å². The maximum Gasteiger partial charge on any atom is 0.273 e. The summed E-state index contributed by atoms with van der Waals surface area (Å²) in [4.78, 5) is 28.0. The number of carbonyl (C=O) groups excluding carboxylic acids is 2. The number of aromatic nitrogens is 2. The standard InChI is InChI=1S/C15H18N4O4/c1-8(2)17-15(21)13-10-5-9(3-4-12(10)23-19-13)18-14(20)11-6-22-7-16-11/h6-9H,3-5H2,1-2H3,(H,17,21)(H,18,20). The maximum absolute atomic E-state index is 12.2. The van der Waals surface area contributed by atoms with Gasteiger partial charge in [0, 0.05) is 24.1 Å². The van der Waals surface area contributed by atoms with Gasteiger partial charge in [-0.3, -0.25) is 9.59 Å². The average Bonchev–Trinajstić information content (AvgIpc) is 3.15. The molecule has 0 radical (unpaired) electrons. The molecule has 1 aliphatic rings. The molecule has 0 aliphatic heterocycles. The molecular weight excluding hydrogens is 300 g/mol. The highest BCUT2D eigenvalue weighted by Gasteiger charge is 2.30. The Bertz CT molecular complexity index is 705. The summed E-state index contributed by atoms with van der Waals surface area (Å²) in [5, 5.41) is 9.59. The molecule has 0 bridgehead atoms. The molecule has 2 heterocycles. The molecule has 1 unspecified atom stereocenters. The van der Waals surface area contributed by atoms with Crippen LogP contribution in [0.15, 0.2) is 21.6 Å². The molecule has 0 saturated heterocycles. The summed E-state index contributed by atoms with van der Waals surface area (Å²) < 4.78 is 10.1. The van der Waals surface area contributed by atoms with Crippen LogP contribution in [0.25, 0.3) is 0 Å². The monoisotopic (exact) mass is 318 g/mol. The molecule has 2 aromatic rings. The Balaban J connectivity index is 1.71. The van der Waals surface area contributed by atoms with Crippen molar-refractivity contribution in [3.8, 4) is 0 Å². The van der Waals surface area contributed by atoms with Crippen molar-refractivity contribution in [1.82, 2.24) is 20.8 Å². The van der Waals surface area contributed by atoms with Crippen molar-refractivity contribution in [3.05, 3.63) is 35.4 Å². The fourth-order valence-electron chi connectivity index (χ4n) is 2.62. The Kier molecular flexibility index (Phi) is 4.14. The van der Waals surface area contributed by atoms with Crippen molar-refractivity contribution >= 4 is 11.8 Å². The zero-order chi connectivity index (χ0) is 16.4. The van der Waals surface area contributed by atoms with Gasteiger partial charge in [-0.15, -0.1) is 0 Å². The predicted octanol–water partition coefficient (Wildman–Crippen LogP) is 1.09. The van der Waals surface area contributed by atoms with Crippen LogP contribution >= 0.6 is 0 Å². The van der Waals surface area contributed by atoms with Gasteiger partial charge in [0.1, 0.15) is 12.0 Å². The van der Waals surface area contributed by atoms with Gasteiger partial charge in [-0.05, 0) is 26.7 Å². The van der Waals surface area contributed by atoms with Crippen molar-refractivity contribution < 1.29 is 18.5 Å². The third-order valence-electron chi connectivity index (χ3n) is 3.67. The molecular formula is C15H18N4O4. The summed E-state index contributed by atoms with van der Waals surface area (Å²) in [6, 6.07) is -0.0854. The van der Waals surface area contributed by atoms with Crippen molar-refractivity contribution in [1.29, 1.82) is 0 Å². The largest absolute Gasteiger partial charge is 0.451 e. The summed E-state index contributed by atoms with van der Waals surface area (Å²) in [6.07, 6.45) is 4.36. The highest BCUT2D eigenvalue weighted by Crippen LogP contribution is 2.25. The SMILES string of the molecule is CC(C)NC(=O)c1noc2c1CC(NC(=O)c1cocn1)CC2. The molecule has 8 heteroatoms. The summed E-state index contributed by atoms with van der Waals surface area (Å²) in [5.41, 5.74) is 1.30. The maximum atomic E-state index is 12.2. The summed E-state index contributed by atoms with van der Waals surface area (Å²) >= 11 is 0. The molecule has 0 aromatic carbocycles. The van der Waals surface area contributed by atoms with E-state index in [-0.39, 0.29) is 29.6 Å². The van der Waals surface area contributed by atoms with Crippen molar-refractivity contribution in [3.63, 3.8) is 0 Å². The third-order valence-corrected chi connectivity index (χ3v) is 3.67. The van der Waals surface area contributed by atoms with E-state index >= 15 is 0 Å². The van der Waals surface area contributed by atoms with Crippen LogP contribution < -0.4 is 10.6 Å². The first-order valence-electron chi connectivity index (χ1n) is 7.52. The minimum atomic E-state index is -0.295. The summed E-state index contributed by atoms with van der Waals surface area (Å²) in [5.74, 6) is 0.163. The Morgan fingerprint density at radius 3 is 2.87 bits per heavy atom. The number of nitrogens with one attached hydrogen (secondary N) is 2. The van der Waals surface area contributed by atoms with Crippen LogP contribution in [-0.4, -0.2) is 34.0 Å². The molecule has 1 atom stereocenters. The quantitative estimate of drug-likeness (QED) is 0.873. The lowest BCUT2D eigenvalue weighted by molar-refractivity contribution is 0.0925. The summed E-state index contributed by atoms with van der Waals surface area (Å²) in [6.45, 7) is 3.76. The number of amides is 2. The number of hydrogen-bond donors (Lipinski definition) is 2. The van der Waals surface area contributed by atoms with E-state index in [0.29, 0.717) is 24.3 Å². The van der Waals surface area contributed by atoms with Gasteiger partial charge < -0.3 is 19.6 Å². The fraction of sp³-hybridized carbons (Fsp3) is 0.467. The lowest BCUT2D eigenvalue weighted by Crippen LogP contribution is -2.39. The number of aryl methyl sites for hydroxylation is 1. The normalized spacial score (nSPS) is 16.9. The molecule has 2 N–H and O–H groups in total. The number of oxazole rings is 1. The molecule has 1 aliphatic carbocycles. The predicted molar refractivity (Wildman–Crippen MR) is 78.9 cm³/mol. The lowest BCUT2D eigenvalue weighted by Gasteiger charge is -2.22. The van der Waals surface area contributed by atoms with Crippen LogP contribution in [0.4, 0.5) is 0 Å². The second-order valence-corrected chi connectivity index (χ2v) is 5.85. The van der Waals surface area contributed by atoms with Crippen LogP contribution in [0.2, 0.25) is 0 Å². The van der Waals surface area contributed by atoms with Gasteiger partial charge in [0.2, 0.25) is 0 Å². The van der Waals surface area contributed by atoms with E-state index in [1.807, 2.05) is 13.8 Å². The van der Waals surface area contributed by atoms with E-state index in [2.05, 4.69) is 20.8 Å². The molecule has 0 saturated carbocycles. The van der Waals surface area contributed by atoms with Crippen LogP contribution in [0.3, 0.4) is 0 Å². The van der Waals surface area contributed by atoms with Crippen molar-refractivity contribution in [2.45, 2.75) is 45.2 Å². The van der Waals surface area contributed by atoms with Crippen LogP contribution in [-0.2, 0) is 12.8 Å². The molecule has 2 aromatic heterocycles. The number of fused-ring (bicyclic) bond motifs is 1. The van der Waals surface area contributed by atoms with Gasteiger partial charge in [0.25, 0.3) is 11.8 Å². The second-order valence-electron chi connectivity index (χ2n) is 5.85. The molecule has 0 spiro atoms. The molecule has 8 nitrogen and oxygen atoms in total. The van der Waals surface area contributed by atoms with E-state index in [9.17, 15) is 9.59 Å². The van der Waals surface area contributed by atoms with Gasteiger partial charge in [-0.25, -0.2) is 4.98 Å². The van der Waals surface area contributed by atoms with Crippen LogP contribution in [0.5, 0.6) is 0 Å². The smallest absolute Gasteiger partial charge is 0.273 e. The van der Waals surface area contributed by atoms with Gasteiger partial charge >= 0.3 is 0 Å². The second kappa shape index (κ2) is 6.23. The highest BCUT2D eigenvalue weighted by molar-refractivity contribution is 5.94. The topological polar surface area (TPSA) is 110 Å². The Morgan fingerprint density at radius 1 is 1.35 bits per heavy atom. The van der Waals surface area contributed by atoms with E-state index in [4.69, 9.17) is 8.94 Å². The first-order chi connectivity index (χ1) is 11.0. The van der Waals surface area contributed by atoms with Gasteiger partial charge in [0.15, 0.2) is 17.8 Å². The Hall–Kier alpha value is -2.64. The van der Waals surface area contributed by atoms with Gasteiger partial charge in [-0.2, -0.15) is 0 Å². The highest BCUT2D eigenvalue weighted by atomic mass is 16.5. The Morgan fingerprint density at radius 2 is 2.17 bits per heavy atom. The van der Waals surface area contributed by atoms with Crippen LogP contribution in [0.1, 0.15) is 52.6 Å². The summed E-state index contributed by atoms with van der Waals surface area (Å²) in [7, 11) is 0. The molecule has 3 rings (SSSR count). The van der Waals surface area contributed by atoms with Crippen molar-refractivity contribution in [2.75, 3.05) is 0 Å². The van der Waals surface area contributed by atoms with Gasteiger partial charge in [0.05, 0.1) is 0 Å². The molecule has 23 heavy (non-hydrogen) atoms.